The lowest BCUT2D eigenvalue weighted by atomic mass is 10.1. The Balaban J connectivity index is 2.29. The van der Waals surface area contributed by atoms with E-state index in [1.54, 1.807) is 11.8 Å². The third-order valence-corrected chi connectivity index (χ3v) is 6.17. The molecule has 0 radical (unpaired) electrons. The van der Waals surface area contributed by atoms with Crippen LogP contribution < -0.4 is 4.72 Å². The maximum atomic E-state index is 12.4. The number of nitrogens with one attached hydrogen (secondary N) is 1. The van der Waals surface area contributed by atoms with Crippen LogP contribution in [0.15, 0.2) is 23.1 Å². The maximum Gasteiger partial charge on any atom is 0.335 e. The molecule has 0 bridgehead atoms. The summed E-state index contributed by atoms with van der Waals surface area (Å²) in [6, 6.07) is 4.24. The molecule has 1 aromatic rings. The van der Waals surface area contributed by atoms with Gasteiger partial charge >= 0.3 is 5.97 Å². The van der Waals surface area contributed by atoms with E-state index in [2.05, 4.69) is 4.72 Å². The van der Waals surface area contributed by atoms with E-state index in [1.807, 2.05) is 0 Å². The second-order valence-corrected chi connectivity index (χ2v) is 7.60. The van der Waals surface area contributed by atoms with Gasteiger partial charge in [-0.15, -0.1) is 0 Å². The first-order valence-corrected chi connectivity index (χ1v) is 8.98. The normalized spacial score (nSPS) is 19.8. The summed E-state index contributed by atoms with van der Waals surface area (Å²) < 4.78 is 27.4. The van der Waals surface area contributed by atoms with Crippen LogP contribution >= 0.6 is 11.8 Å². The number of carboxylic acid groups (broad SMARTS) is 1. The lowest BCUT2D eigenvalue weighted by molar-refractivity contribution is 0.0696. The molecule has 1 atom stereocenters. The van der Waals surface area contributed by atoms with Crippen LogP contribution in [-0.2, 0) is 10.0 Å². The Morgan fingerprint density at radius 3 is 2.80 bits per heavy atom. The molecule has 1 aliphatic rings. The van der Waals surface area contributed by atoms with Gasteiger partial charge in [0.2, 0.25) is 10.0 Å². The van der Waals surface area contributed by atoms with Gasteiger partial charge in [0, 0.05) is 11.8 Å². The molecule has 20 heavy (non-hydrogen) atoms. The number of thioether (sulfide) groups is 1. The molecule has 0 aliphatic carbocycles. The van der Waals surface area contributed by atoms with Crippen LogP contribution in [0.2, 0.25) is 0 Å². The van der Waals surface area contributed by atoms with Gasteiger partial charge in [-0.05, 0) is 43.2 Å². The zero-order valence-electron chi connectivity index (χ0n) is 11.1. The number of sulfonamides is 1. The molecule has 7 heteroatoms. The van der Waals surface area contributed by atoms with Gasteiger partial charge in [-0.25, -0.2) is 17.9 Å². The van der Waals surface area contributed by atoms with E-state index < -0.39 is 16.0 Å². The van der Waals surface area contributed by atoms with E-state index in [4.69, 9.17) is 5.11 Å². The molecule has 0 saturated carbocycles. The van der Waals surface area contributed by atoms with Crippen LogP contribution in [0.25, 0.3) is 0 Å². The van der Waals surface area contributed by atoms with E-state index >= 15 is 0 Å². The highest BCUT2D eigenvalue weighted by molar-refractivity contribution is 7.99. The zero-order valence-corrected chi connectivity index (χ0v) is 12.8. The van der Waals surface area contributed by atoms with Gasteiger partial charge in [-0.3, -0.25) is 0 Å². The molecule has 1 heterocycles. The van der Waals surface area contributed by atoms with Crippen LogP contribution in [0.3, 0.4) is 0 Å². The van der Waals surface area contributed by atoms with Crippen LogP contribution in [0.4, 0.5) is 0 Å². The number of hydrogen-bond donors (Lipinski definition) is 2. The van der Waals surface area contributed by atoms with Crippen LogP contribution in [0.5, 0.6) is 0 Å². The quantitative estimate of drug-likeness (QED) is 0.886. The molecule has 2 rings (SSSR count). The van der Waals surface area contributed by atoms with Gasteiger partial charge in [0.1, 0.15) is 0 Å². The van der Waals surface area contributed by atoms with Gasteiger partial charge < -0.3 is 5.11 Å². The van der Waals surface area contributed by atoms with Gasteiger partial charge in [-0.1, -0.05) is 6.07 Å². The molecule has 1 unspecified atom stereocenters. The average Bonchev–Trinajstić information content (AvgIpc) is 2.39. The monoisotopic (exact) mass is 315 g/mol. The van der Waals surface area contributed by atoms with E-state index in [0.29, 0.717) is 0 Å². The first-order valence-electron chi connectivity index (χ1n) is 6.35. The number of carbonyl (C=O) groups is 1. The number of carboxylic acids is 1. The summed E-state index contributed by atoms with van der Waals surface area (Å²) in [5.74, 6) is 0.704. The molecule has 1 fully saturated rings. The fourth-order valence-corrected chi connectivity index (χ4v) is 4.97. The summed E-state index contributed by atoms with van der Waals surface area (Å²) in [6.07, 6.45) is 1.82. The SMILES string of the molecule is Cc1c(C(=O)O)cccc1S(=O)(=O)NC1CCCSC1. The number of hydrogen-bond acceptors (Lipinski definition) is 4. The van der Waals surface area contributed by atoms with Crippen molar-refractivity contribution >= 4 is 27.8 Å². The van der Waals surface area contributed by atoms with E-state index in [9.17, 15) is 13.2 Å². The Bertz CT molecular complexity index is 607. The standard InChI is InChI=1S/C13H17NO4S2/c1-9-11(13(15)16)5-2-6-12(9)20(17,18)14-10-4-3-7-19-8-10/h2,5-6,10,14H,3-4,7-8H2,1H3,(H,15,16). The topological polar surface area (TPSA) is 83.5 Å². The van der Waals surface area contributed by atoms with Gasteiger partial charge in [0.15, 0.2) is 0 Å². The highest BCUT2D eigenvalue weighted by Crippen LogP contribution is 2.22. The third kappa shape index (κ3) is 3.34. The lowest BCUT2D eigenvalue weighted by Crippen LogP contribution is -2.38. The second kappa shape index (κ2) is 6.15. The Hall–Kier alpha value is -1.05. The van der Waals surface area contributed by atoms with Crippen molar-refractivity contribution in [3.8, 4) is 0 Å². The van der Waals surface area contributed by atoms with Crippen molar-refractivity contribution in [2.75, 3.05) is 11.5 Å². The third-order valence-electron chi connectivity index (χ3n) is 3.29. The molecule has 1 aromatic carbocycles. The molecule has 2 N–H and O–H groups in total. The summed E-state index contributed by atoms with van der Waals surface area (Å²) >= 11 is 1.73. The van der Waals surface area contributed by atoms with Crippen LogP contribution in [-0.4, -0.2) is 37.0 Å². The first-order chi connectivity index (χ1) is 9.42. The Morgan fingerprint density at radius 1 is 1.45 bits per heavy atom. The zero-order chi connectivity index (χ0) is 14.8. The van der Waals surface area contributed by atoms with Gasteiger partial charge in [-0.2, -0.15) is 11.8 Å². The molecule has 1 saturated heterocycles. The molecule has 0 spiro atoms. The van der Waals surface area contributed by atoms with E-state index in [1.165, 1.54) is 25.1 Å². The Morgan fingerprint density at radius 2 is 2.20 bits per heavy atom. The van der Waals surface area contributed by atoms with E-state index in [0.717, 1.165) is 24.3 Å². The van der Waals surface area contributed by atoms with Crippen molar-refractivity contribution in [3.05, 3.63) is 29.3 Å². The Labute approximate surface area is 122 Å². The first kappa shape index (κ1) is 15.3. The van der Waals surface area contributed by atoms with E-state index in [-0.39, 0.29) is 22.1 Å². The van der Waals surface area contributed by atoms with Crippen molar-refractivity contribution < 1.29 is 18.3 Å². The smallest absolute Gasteiger partial charge is 0.335 e. The van der Waals surface area contributed by atoms with Crippen LogP contribution in [0, 0.1) is 6.92 Å². The molecule has 5 nitrogen and oxygen atoms in total. The molecule has 110 valence electrons. The maximum absolute atomic E-state index is 12.4. The van der Waals surface area contributed by atoms with Gasteiger partial charge in [0.05, 0.1) is 10.5 Å². The molecule has 1 aliphatic heterocycles. The summed E-state index contributed by atoms with van der Waals surface area (Å²) in [7, 11) is -3.67. The summed E-state index contributed by atoms with van der Waals surface area (Å²) in [6.45, 7) is 1.52. The number of rotatable bonds is 4. The van der Waals surface area contributed by atoms with Crippen molar-refractivity contribution in [1.82, 2.24) is 4.72 Å². The van der Waals surface area contributed by atoms with Crippen molar-refractivity contribution in [2.45, 2.75) is 30.7 Å². The number of benzene rings is 1. The fourth-order valence-electron chi connectivity index (χ4n) is 2.25. The predicted molar refractivity (Wildman–Crippen MR) is 78.8 cm³/mol. The van der Waals surface area contributed by atoms with Crippen LogP contribution in [0.1, 0.15) is 28.8 Å². The minimum atomic E-state index is -3.67. The fraction of sp³-hybridized carbons (Fsp3) is 0.462. The predicted octanol–water partition coefficient (Wildman–Crippen LogP) is 1.87. The van der Waals surface area contributed by atoms with Crippen molar-refractivity contribution in [1.29, 1.82) is 0 Å². The molecule has 0 amide bonds. The highest BCUT2D eigenvalue weighted by Gasteiger charge is 2.25. The molecular formula is C13H17NO4S2. The Kier molecular flexibility index (Phi) is 4.72. The minimum Gasteiger partial charge on any atom is -0.478 e. The second-order valence-electron chi connectivity index (χ2n) is 4.77. The highest BCUT2D eigenvalue weighted by atomic mass is 32.2. The van der Waals surface area contributed by atoms with Gasteiger partial charge in [0.25, 0.3) is 0 Å². The summed E-state index contributed by atoms with van der Waals surface area (Å²) in [4.78, 5) is 11.1. The number of aromatic carboxylic acids is 1. The molecular weight excluding hydrogens is 298 g/mol. The lowest BCUT2D eigenvalue weighted by Gasteiger charge is -2.23. The minimum absolute atomic E-state index is 0.0193. The molecule has 0 aromatic heterocycles. The van der Waals surface area contributed by atoms with Crippen molar-refractivity contribution in [2.24, 2.45) is 0 Å². The summed E-state index contributed by atoms with van der Waals surface area (Å²) in [5.41, 5.74) is 0.293. The summed E-state index contributed by atoms with van der Waals surface area (Å²) in [5, 5.41) is 9.06. The largest absolute Gasteiger partial charge is 0.478 e. The average molecular weight is 315 g/mol. The van der Waals surface area contributed by atoms with Crippen molar-refractivity contribution in [3.63, 3.8) is 0 Å².